The van der Waals surface area contributed by atoms with E-state index in [0.29, 0.717) is 22.0 Å². The van der Waals surface area contributed by atoms with Crippen molar-refractivity contribution in [2.24, 2.45) is 5.73 Å². The van der Waals surface area contributed by atoms with Gasteiger partial charge in [-0.05, 0) is 37.1 Å². The van der Waals surface area contributed by atoms with Gasteiger partial charge in [-0.25, -0.2) is 4.98 Å². The number of nitrogens with two attached hydrogens (primary N) is 1. The van der Waals surface area contributed by atoms with Gasteiger partial charge in [0.1, 0.15) is 28.3 Å². The first-order chi connectivity index (χ1) is 12.9. The van der Waals surface area contributed by atoms with Gasteiger partial charge >= 0.3 is 0 Å². The van der Waals surface area contributed by atoms with E-state index in [0.717, 1.165) is 22.0 Å². The lowest BCUT2D eigenvalue weighted by Crippen LogP contribution is -2.21. The summed E-state index contributed by atoms with van der Waals surface area (Å²) in [5.74, 6) is -0.0792. The molecule has 1 aliphatic heterocycles. The number of hydrogen-bond donors (Lipinski definition) is 2. The largest absolute Gasteiger partial charge is 0.508 e. The predicted molar refractivity (Wildman–Crippen MR) is 104 cm³/mol. The van der Waals surface area contributed by atoms with Crippen LogP contribution in [-0.2, 0) is 0 Å². The van der Waals surface area contributed by atoms with Crippen LogP contribution in [0.3, 0.4) is 0 Å². The Morgan fingerprint density at radius 3 is 2.70 bits per heavy atom. The smallest absolute Gasteiger partial charge is 0.205 e. The van der Waals surface area contributed by atoms with Gasteiger partial charge in [0.15, 0.2) is 0 Å². The van der Waals surface area contributed by atoms with Gasteiger partial charge in [-0.3, -0.25) is 0 Å². The van der Waals surface area contributed by atoms with Gasteiger partial charge in [0.05, 0.1) is 11.4 Å². The molecule has 0 aliphatic carbocycles. The van der Waals surface area contributed by atoms with Gasteiger partial charge in [-0.1, -0.05) is 29.8 Å². The molecule has 0 saturated heterocycles. The van der Waals surface area contributed by atoms with Gasteiger partial charge in [0.2, 0.25) is 5.88 Å². The van der Waals surface area contributed by atoms with Crippen LogP contribution >= 0.6 is 11.6 Å². The zero-order valence-corrected chi connectivity index (χ0v) is 15.5. The van der Waals surface area contributed by atoms with E-state index < -0.39 is 5.92 Å². The Morgan fingerprint density at radius 2 is 1.96 bits per heavy atom. The highest BCUT2D eigenvalue weighted by Crippen LogP contribution is 2.45. The first-order valence-corrected chi connectivity index (χ1v) is 8.75. The number of aromatic hydroxyl groups is 1. The van der Waals surface area contributed by atoms with Gasteiger partial charge < -0.3 is 15.6 Å². The summed E-state index contributed by atoms with van der Waals surface area (Å²) >= 11 is 6.55. The van der Waals surface area contributed by atoms with E-state index in [-0.39, 0.29) is 17.2 Å². The number of phenolic OH excluding ortho intramolecular Hbond substituents is 1. The summed E-state index contributed by atoms with van der Waals surface area (Å²) in [6.45, 7) is 4.03. The molecule has 0 radical (unpaired) electrons. The van der Waals surface area contributed by atoms with E-state index in [1.807, 2.05) is 32.0 Å². The zero-order valence-electron chi connectivity index (χ0n) is 14.7. The Hall–Kier alpha value is -3.23. The van der Waals surface area contributed by atoms with Crippen LogP contribution in [0, 0.1) is 25.2 Å². The summed E-state index contributed by atoms with van der Waals surface area (Å²) in [6, 6.07) is 12.8. The molecule has 5 nitrogen and oxygen atoms in total. The van der Waals surface area contributed by atoms with Gasteiger partial charge in [-0.2, -0.15) is 5.26 Å². The number of aryl methyl sites for hydroxylation is 2. The van der Waals surface area contributed by atoms with Crippen molar-refractivity contribution in [3.05, 3.63) is 75.3 Å². The quantitative estimate of drug-likeness (QED) is 0.612. The average Bonchev–Trinajstić information content (AvgIpc) is 2.64. The maximum Gasteiger partial charge on any atom is 0.205 e. The van der Waals surface area contributed by atoms with Crippen molar-refractivity contribution in [1.82, 2.24) is 4.98 Å². The second kappa shape index (κ2) is 6.19. The summed E-state index contributed by atoms with van der Waals surface area (Å²) in [7, 11) is 0. The molecule has 3 N–H and O–H groups in total. The SMILES string of the molecule is Cc1ccc2cc(C3C(C#N)=C(N)Oc4cc(O)ccc43)c(Cl)nc2c1C. The number of nitriles is 1. The molecule has 1 aliphatic rings. The van der Waals surface area contributed by atoms with E-state index in [2.05, 4.69) is 11.1 Å². The molecule has 0 amide bonds. The van der Waals surface area contributed by atoms with Crippen molar-refractivity contribution in [3.63, 3.8) is 0 Å². The van der Waals surface area contributed by atoms with Crippen LogP contribution in [0.4, 0.5) is 0 Å². The fourth-order valence-electron chi connectivity index (χ4n) is 3.44. The Bertz CT molecular complexity index is 1180. The molecule has 0 fully saturated rings. The van der Waals surface area contributed by atoms with Crippen LogP contribution in [0.1, 0.15) is 28.2 Å². The Balaban J connectivity index is 2.01. The molecular formula is C21H16ClN3O2. The van der Waals surface area contributed by atoms with E-state index >= 15 is 0 Å². The normalized spacial score (nSPS) is 16.0. The van der Waals surface area contributed by atoms with Crippen molar-refractivity contribution < 1.29 is 9.84 Å². The number of benzene rings is 2. The first kappa shape index (κ1) is 17.2. The zero-order chi connectivity index (χ0) is 19.3. The molecule has 0 bridgehead atoms. The number of fused-ring (bicyclic) bond motifs is 2. The maximum atomic E-state index is 9.77. The lowest BCUT2D eigenvalue weighted by molar-refractivity contribution is 0.388. The predicted octanol–water partition coefficient (Wildman–Crippen LogP) is 4.43. The Labute approximate surface area is 161 Å². The lowest BCUT2D eigenvalue weighted by atomic mass is 9.83. The van der Waals surface area contributed by atoms with Crippen molar-refractivity contribution in [2.75, 3.05) is 0 Å². The van der Waals surface area contributed by atoms with Crippen molar-refractivity contribution in [2.45, 2.75) is 19.8 Å². The third-order valence-electron chi connectivity index (χ3n) is 5.01. The number of hydrogen-bond acceptors (Lipinski definition) is 5. The van der Waals surface area contributed by atoms with Crippen LogP contribution in [0.2, 0.25) is 5.15 Å². The molecule has 1 unspecified atom stereocenters. The topological polar surface area (TPSA) is 92.2 Å². The van der Waals surface area contributed by atoms with E-state index in [1.54, 1.807) is 12.1 Å². The van der Waals surface area contributed by atoms with E-state index in [4.69, 9.17) is 22.1 Å². The third-order valence-corrected chi connectivity index (χ3v) is 5.31. The van der Waals surface area contributed by atoms with Gasteiger partial charge in [0.25, 0.3) is 0 Å². The van der Waals surface area contributed by atoms with Crippen molar-refractivity contribution in [3.8, 4) is 17.6 Å². The number of phenols is 1. The molecule has 1 aromatic heterocycles. The summed E-state index contributed by atoms with van der Waals surface area (Å²) < 4.78 is 5.54. The summed E-state index contributed by atoms with van der Waals surface area (Å²) in [6.07, 6.45) is 0. The molecular weight excluding hydrogens is 362 g/mol. The summed E-state index contributed by atoms with van der Waals surface area (Å²) in [4.78, 5) is 4.60. The lowest BCUT2D eigenvalue weighted by Gasteiger charge is -2.27. The molecule has 3 aromatic rings. The molecule has 27 heavy (non-hydrogen) atoms. The fraction of sp³-hybridized carbons (Fsp3) is 0.143. The molecule has 1 atom stereocenters. The van der Waals surface area contributed by atoms with Crippen LogP contribution in [0.25, 0.3) is 10.9 Å². The molecule has 134 valence electrons. The molecule has 2 heterocycles. The van der Waals surface area contributed by atoms with Gasteiger partial charge in [0, 0.05) is 22.6 Å². The number of nitrogens with zero attached hydrogens (tertiary/aromatic N) is 2. The molecule has 2 aromatic carbocycles. The number of aromatic nitrogens is 1. The minimum atomic E-state index is -0.523. The average molecular weight is 378 g/mol. The van der Waals surface area contributed by atoms with Gasteiger partial charge in [-0.15, -0.1) is 0 Å². The maximum absolute atomic E-state index is 9.77. The third kappa shape index (κ3) is 2.66. The second-order valence-electron chi connectivity index (χ2n) is 6.59. The fourth-order valence-corrected chi connectivity index (χ4v) is 3.69. The number of ether oxygens (including phenoxy) is 1. The second-order valence-corrected chi connectivity index (χ2v) is 6.95. The van der Waals surface area contributed by atoms with E-state index in [1.165, 1.54) is 6.07 Å². The molecule has 0 saturated carbocycles. The minimum absolute atomic E-state index is 0.00292. The Kier molecular flexibility index (Phi) is 3.94. The highest BCUT2D eigenvalue weighted by molar-refractivity contribution is 6.30. The summed E-state index contributed by atoms with van der Waals surface area (Å²) in [5.41, 5.74) is 10.6. The minimum Gasteiger partial charge on any atom is -0.508 e. The highest BCUT2D eigenvalue weighted by atomic mass is 35.5. The number of allylic oxidation sites excluding steroid dienone is 1. The molecule has 6 heteroatoms. The molecule has 0 spiro atoms. The number of pyridine rings is 1. The monoisotopic (exact) mass is 377 g/mol. The van der Waals surface area contributed by atoms with Crippen LogP contribution in [-0.4, -0.2) is 10.1 Å². The van der Waals surface area contributed by atoms with Crippen LogP contribution < -0.4 is 10.5 Å². The van der Waals surface area contributed by atoms with Crippen LogP contribution in [0.15, 0.2) is 47.9 Å². The van der Waals surface area contributed by atoms with Crippen LogP contribution in [0.5, 0.6) is 11.5 Å². The first-order valence-electron chi connectivity index (χ1n) is 8.37. The van der Waals surface area contributed by atoms with Crippen molar-refractivity contribution in [1.29, 1.82) is 5.26 Å². The highest BCUT2D eigenvalue weighted by Gasteiger charge is 2.32. The van der Waals surface area contributed by atoms with Crippen molar-refractivity contribution >= 4 is 22.5 Å². The van der Waals surface area contributed by atoms with E-state index in [9.17, 15) is 10.4 Å². The standard InChI is InChI=1S/C21H16ClN3O2/c1-10-3-4-12-7-15(20(22)25-19(12)11(10)2)18-14-6-5-13(26)8-17(14)27-21(24)16(18)9-23/h3-8,18,26H,24H2,1-2H3. The Morgan fingerprint density at radius 1 is 1.19 bits per heavy atom. The summed E-state index contributed by atoms with van der Waals surface area (Å²) in [5, 5.41) is 20.7. The molecule has 4 rings (SSSR count). The number of rotatable bonds is 1. The number of halogens is 1.